The number of hydrogen-bond acceptors (Lipinski definition) is 5. The monoisotopic (exact) mass is 349 g/mol. The first-order chi connectivity index (χ1) is 12.0. The van der Waals surface area contributed by atoms with Crippen molar-refractivity contribution in [1.29, 1.82) is 0 Å². The molecule has 0 radical (unpaired) electrons. The first kappa shape index (κ1) is 16.7. The van der Waals surface area contributed by atoms with E-state index in [1.807, 2.05) is 0 Å². The van der Waals surface area contributed by atoms with Crippen LogP contribution >= 0.6 is 0 Å². The largest absolute Gasteiger partial charge is 0.454 e. The highest BCUT2D eigenvalue weighted by molar-refractivity contribution is 5.91. The van der Waals surface area contributed by atoms with E-state index >= 15 is 0 Å². The summed E-state index contributed by atoms with van der Waals surface area (Å²) in [7, 11) is 0. The van der Waals surface area contributed by atoms with Crippen molar-refractivity contribution >= 4 is 11.9 Å². The molecule has 1 heterocycles. The van der Waals surface area contributed by atoms with Crippen molar-refractivity contribution in [2.45, 2.75) is 6.54 Å². The summed E-state index contributed by atoms with van der Waals surface area (Å²) in [5, 5.41) is 2.56. The Bertz CT molecular complexity index is 804. The van der Waals surface area contributed by atoms with E-state index in [1.54, 1.807) is 18.2 Å². The second-order valence-corrected chi connectivity index (χ2v) is 5.20. The van der Waals surface area contributed by atoms with Crippen LogP contribution in [0.3, 0.4) is 0 Å². The molecule has 3 rings (SSSR count). The molecule has 0 fully saturated rings. The summed E-state index contributed by atoms with van der Waals surface area (Å²) in [6, 6.07) is 7.50. The van der Waals surface area contributed by atoms with Crippen molar-refractivity contribution in [3.63, 3.8) is 0 Å². The molecule has 6 nitrogen and oxygen atoms in total. The van der Waals surface area contributed by atoms with Crippen LogP contribution in [0.1, 0.15) is 15.9 Å². The molecule has 1 aliphatic heterocycles. The van der Waals surface area contributed by atoms with Gasteiger partial charge in [0.05, 0.1) is 5.56 Å². The zero-order valence-electron chi connectivity index (χ0n) is 12.9. The van der Waals surface area contributed by atoms with Crippen molar-refractivity contribution in [1.82, 2.24) is 5.32 Å². The number of nitrogens with one attached hydrogen (secondary N) is 1. The highest BCUT2D eigenvalue weighted by Crippen LogP contribution is 2.32. The van der Waals surface area contributed by atoms with E-state index in [0.29, 0.717) is 17.6 Å². The highest BCUT2D eigenvalue weighted by Gasteiger charge is 2.15. The molecule has 0 saturated heterocycles. The van der Waals surface area contributed by atoms with Crippen molar-refractivity contribution < 1.29 is 32.6 Å². The topological polar surface area (TPSA) is 73.9 Å². The lowest BCUT2D eigenvalue weighted by Gasteiger charge is -2.07. The molecule has 2 aromatic carbocycles. The molecule has 1 aliphatic rings. The van der Waals surface area contributed by atoms with Crippen molar-refractivity contribution in [2.24, 2.45) is 0 Å². The summed E-state index contributed by atoms with van der Waals surface area (Å²) >= 11 is 0. The number of fused-ring (bicyclic) bond motifs is 1. The van der Waals surface area contributed by atoms with Crippen LogP contribution in [0.15, 0.2) is 36.4 Å². The van der Waals surface area contributed by atoms with Gasteiger partial charge in [0, 0.05) is 12.6 Å². The Morgan fingerprint density at radius 3 is 2.52 bits per heavy atom. The molecule has 0 aromatic heterocycles. The van der Waals surface area contributed by atoms with Gasteiger partial charge >= 0.3 is 5.97 Å². The van der Waals surface area contributed by atoms with Gasteiger partial charge < -0.3 is 19.5 Å². The number of rotatable bonds is 5. The summed E-state index contributed by atoms with van der Waals surface area (Å²) in [5.74, 6) is -2.13. The Morgan fingerprint density at radius 1 is 1.04 bits per heavy atom. The van der Waals surface area contributed by atoms with E-state index in [0.717, 1.165) is 17.7 Å². The van der Waals surface area contributed by atoms with Crippen LogP contribution in [0.25, 0.3) is 0 Å². The Hall–Kier alpha value is -3.16. The lowest BCUT2D eigenvalue weighted by molar-refractivity contribution is -0.124. The summed E-state index contributed by atoms with van der Waals surface area (Å²) < 4.78 is 41.2. The van der Waals surface area contributed by atoms with E-state index < -0.39 is 30.1 Å². The Labute approximate surface area is 141 Å². The SMILES string of the molecule is O=C(COC(=O)c1cc(F)cc(F)c1)NCc1ccc2c(c1)OCO2. The van der Waals surface area contributed by atoms with E-state index in [2.05, 4.69) is 5.32 Å². The summed E-state index contributed by atoms with van der Waals surface area (Å²) in [6.07, 6.45) is 0. The first-order valence-electron chi connectivity index (χ1n) is 7.30. The first-order valence-corrected chi connectivity index (χ1v) is 7.30. The molecule has 0 saturated carbocycles. The minimum Gasteiger partial charge on any atom is -0.454 e. The molecular formula is C17H13F2NO5. The molecule has 8 heteroatoms. The summed E-state index contributed by atoms with van der Waals surface area (Å²) in [6.45, 7) is -0.217. The van der Waals surface area contributed by atoms with E-state index in [-0.39, 0.29) is 18.9 Å². The third-order valence-corrected chi connectivity index (χ3v) is 3.36. The smallest absolute Gasteiger partial charge is 0.338 e. The van der Waals surface area contributed by atoms with Crippen LogP contribution in [-0.4, -0.2) is 25.3 Å². The number of benzene rings is 2. The van der Waals surface area contributed by atoms with Gasteiger partial charge in [0.2, 0.25) is 6.79 Å². The highest BCUT2D eigenvalue weighted by atomic mass is 19.1. The average Bonchev–Trinajstić information content (AvgIpc) is 3.04. The summed E-state index contributed by atoms with van der Waals surface area (Å²) in [4.78, 5) is 23.4. The lowest BCUT2D eigenvalue weighted by atomic mass is 10.2. The molecule has 1 N–H and O–H groups in total. The molecule has 0 bridgehead atoms. The molecule has 2 aromatic rings. The average molecular weight is 349 g/mol. The maximum absolute atomic E-state index is 13.0. The van der Waals surface area contributed by atoms with Crippen molar-refractivity contribution in [2.75, 3.05) is 13.4 Å². The maximum Gasteiger partial charge on any atom is 0.338 e. The number of carbonyl (C=O) groups is 2. The van der Waals surface area contributed by atoms with Gasteiger partial charge in [0.1, 0.15) is 11.6 Å². The predicted octanol–water partition coefficient (Wildman–Crippen LogP) is 2.17. The molecule has 130 valence electrons. The van der Waals surface area contributed by atoms with Gasteiger partial charge in [-0.1, -0.05) is 6.07 Å². The van der Waals surface area contributed by atoms with Crippen LogP contribution in [0.2, 0.25) is 0 Å². The van der Waals surface area contributed by atoms with E-state index in [4.69, 9.17) is 14.2 Å². The van der Waals surface area contributed by atoms with Crippen LogP contribution in [-0.2, 0) is 16.1 Å². The van der Waals surface area contributed by atoms with Gasteiger partial charge in [0.15, 0.2) is 18.1 Å². The fourth-order valence-corrected chi connectivity index (χ4v) is 2.19. The van der Waals surface area contributed by atoms with E-state index in [9.17, 15) is 18.4 Å². The molecule has 0 aliphatic carbocycles. The lowest BCUT2D eigenvalue weighted by Crippen LogP contribution is -2.28. The maximum atomic E-state index is 13.0. The van der Waals surface area contributed by atoms with Gasteiger partial charge in [-0.05, 0) is 29.8 Å². The van der Waals surface area contributed by atoms with Crippen LogP contribution in [0, 0.1) is 11.6 Å². The molecule has 0 atom stereocenters. The van der Waals surface area contributed by atoms with Crippen LogP contribution < -0.4 is 14.8 Å². The van der Waals surface area contributed by atoms with Gasteiger partial charge in [-0.2, -0.15) is 0 Å². The van der Waals surface area contributed by atoms with Crippen LogP contribution in [0.5, 0.6) is 11.5 Å². The van der Waals surface area contributed by atoms with Crippen molar-refractivity contribution in [3.8, 4) is 11.5 Å². The predicted molar refractivity (Wildman–Crippen MR) is 81.1 cm³/mol. The normalized spacial score (nSPS) is 11.9. The molecular weight excluding hydrogens is 336 g/mol. The Morgan fingerprint density at radius 2 is 1.76 bits per heavy atom. The fourth-order valence-electron chi connectivity index (χ4n) is 2.19. The third-order valence-electron chi connectivity index (χ3n) is 3.36. The van der Waals surface area contributed by atoms with Gasteiger partial charge in [-0.15, -0.1) is 0 Å². The summed E-state index contributed by atoms with van der Waals surface area (Å²) in [5.41, 5.74) is 0.470. The Balaban J connectivity index is 1.48. The number of halogens is 2. The minimum absolute atomic E-state index is 0.155. The standard InChI is InChI=1S/C17H13F2NO5/c18-12-4-11(5-13(19)6-12)17(22)23-8-16(21)20-7-10-1-2-14-15(3-10)25-9-24-14/h1-6H,7-9H2,(H,20,21). The number of amides is 1. The van der Waals surface area contributed by atoms with Crippen LogP contribution in [0.4, 0.5) is 8.78 Å². The molecule has 25 heavy (non-hydrogen) atoms. The number of carbonyl (C=O) groups excluding carboxylic acids is 2. The molecule has 0 unspecified atom stereocenters. The number of hydrogen-bond donors (Lipinski definition) is 1. The Kier molecular flexibility index (Phi) is 4.78. The minimum atomic E-state index is -0.989. The molecule has 1 amide bonds. The third kappa shape index (κ3) is 4.23. The zero-order chi connectivity index (χ0) is 17.8. The number of ether oxygens (including phenoxy) is 3. The van der Waals surface area contributed by atoms with Gasteiger partial charge in [-0.3, -0.25) is 4.79 Å². The second-order valence-electron chi connectivity index (χ2n) is 5.20. The molecule has 0 spiro atoms. The fraction of sp³-hybridized carbons (Fsp3) is 0.176. The second kappa shape index (κ2) is 7.16. The zero-order valence-corrected chi connectivity index (χ0v) is 12.9. The van der Waals surface area contributed by atoms with E-state index in [1.165, 1.54) is 0 Å². The van der Waals surface area contributed by atoms with Gasteiger partial charge in [0.25, 0.3) is 5.91 Å². The van der Waals surface area contributed by atoms with Crippen molar-refractivity contribution in [3.05, 3.63) is 59.2 Å². The van der Waals surface area contributed by atoms with Gasteiger partial charge in [-0.25, -0.2) is 13.6 Å². The number of esters is 1. The quantitative estimate of drug-likeness (QED) is 0.838.